The molecular weight excluding hydrogens is 276 g/mol. The minimum absolute atomic E-state index is 0.879. The molecule has 0 spiro atoms. The van der Waals surface area contributed by atoms with Crippen LogP contribution in [0.25, 0.3) is 0 Å². The quantitative estimate of drug-likeness (QED) is 0.680. The van der Waals surface area contributed by atoms with Gasteiger partial charge >= 0.3 is 0 Å². The lowest BCUT2D eigenvalue weighted by atomic mass is 10.0. The Hall–Kier alpha value is -1.61. The topological polar surface area (TPSA) is 29.3 Å². The lowest BCUT2D eigenvalue weighted by molar-refractivity contribution is 0.710. The summed E-state index contributed by atoms with van der Waals surface area (Å²) in [6.07, 6.45) is 2.38. The fraction of sp³-hybridized carbons (Fsp3) is 0.333. The van der Waals surface area contributed by atoms with Crippen LogP contribution in [0.4, 0.5) is 11.4 Å². The molecule has 110 valence electrons. The molecule has 3 heteroatoms. The van der Waals surface area contributed by atoms with Crippen molar-refractivity contribution >= 4 is 23.1 Å². The number of aryl methyl sites for hydroxylation is 2. The summed E-state index contributed by atoms with van der Waals surface area (Å²) in [5.41, 5.74) is 10.9. The SMILES string of the molecule is Cc1ccc(SCCN2CCCc3cc(N)ccc32)cc1. The second-order valence-electron chi connectivity index (χ2n) is 5.64. The van der Waals surface area contributed by atoms with Crippen LogP contribution in [-0.4, -0.2) is 18.8 Å². The zero-order valence-electron chi connectivity index (χ0n) is 12.5. The smallest absolute Gasteiger partial charge is 0.0400 e. The molecule has 2 aromatic carbocycles. The van der Waals surface area contributed by atoms with Crippen molar-refractivity contribution in [2.45, 2.75) is 24.7 Å². The van der Waals surface area contributed by atoms with Crippen LogP contribution >= 0.6 is 11.8 Å². The van der Waals surface area contributed by atoms with E-state index in [1.807, 2.05) is 17.8 Å². The number of nitrogen functional groups attached to an aromatic ring is 1. The van der Waals surface area contributed by atoms with Crippen molar-refractivity contribution in [1.82, 2.24) is 0 Å². The van der Waals surface area contributed by atoms with Crippen LogP contribution in [0.2, 0.25) is 0 Å². The Morgan fingerprint density at radius 2 is 1.95 bits per heavy atom. The van der Waals surface area contributed by atoms with E-state index in [1.165, 1.54) is 28.1 Å². The molecule has 21 heavy (non-hydrogen) atoms. The van der Waals surface area contributed by atoms with E-state index >= 15 is 0 Å². The van der Waals surface area contributed by atoms with Gasteiger partial charge < -0.3 is 10.6 Å². The van der Waals surface area contributed by atoms with Crippen LogP contribution in [0, 0.1) is 6.92 Å². The second kappa shape index (κ2) is 6.44. The fourth-order valence-corrected chi connectivity index (χ4v) is 3.71. The molecule has 0 amide bonds. The lowest BCUT2D eigenvalue weighted by Crippen LogP contribution is -2.31. The molecule has 0 saturated heterocycles. The van der Waals surface area contributed by atoms with Crippen LogP contribution in [0.3, 0.4) is 0 Å². The van der Waals surface area contributed by atoms with E-state index in [2.05, 4.69) is 48.2 Å². The monoisotopic (exact) mass is 298 g/mol. The Bertz CT molecular complexity index is 607. The van der Waals surface area contributed by atoms with Gasteiger partial charge in [0.25, 0.3) is 0 Å². The zero-order chi connectivity index (χ0) is 14.7. The van der Waals surface area contributed by atoms with Crippen LogP contribution < -0.4 is 10.6 Å². The number of anilines is 2. The lowest BCUT2D eigenvalue weighted by Gasteiger charge is -2.31. The zero-order valence-corrected chi connectivity index (χ0v) is 13.3. The summed E-state index contributed by atoms with van der Waals surface area (Å²) in [6, 6.07) is 15.1. The van der Waals surface area contributed by atoms with E-state index in [-0.39, 0.29) is 0 Å². The van der Waals surface area contributed by atoms with E-state index in [4.69, 9.17) is 5.73 Å². The molecular formula is C18H22N2S. The summed E-state index contributed by atoms with van der Waals surface area (Å²) in [5.74, 6) is 1.12. The molecule has 2 N–H and O–H groups in total. The van der Waals surface area contributed by atoms with Gasteiger partial charge in [0, 0.05) is 35.1 Å². The maximum atomic E-state index is 5.89. The van der Waals surface area contributed by atoms with E-state index in [0.717, 1.165) is 31.0 Å². The largest absolute Gasteiger partial charge is 0.399 e. The number of nitrogens with zero attached hydrogens (tertiary/aromatic N) is 1. The number of hydrogen-bond donors (Lipinski definition) is 1. The molecule has 3 rings (SSSR count). The average molecular weight is 298 g/mol. The highest BCUT2D eigenvalue weighted by atomic mass is 32.2. The van der Waals surface area contributed by atoms with Gasteiger partial charge in [0.1, 0.15) is 0 Å². The fourth-order valence-electron chi connectivity index (χ4n) is 2.84. The molecule has 1 aliphatic heterocycles. The minimum atomic E-state index is 0.879. The van der Waals surface area contributed by atoms with Crippen LogP contribution in [-0.2, 0) is 6.42 Å². The Morgan fingerprint density at radius 1 is 1.14 bits per heavy atom. The van der Waals surface area contributed by atoms with Gasteiger partial charge in [0.15, 0.2) is 0 Å². The maximum Gasteiger partial charge on any atom is 0.0400 e. The van der Waals surface area contributed by atoms with E-state index in [1.54, 1.807) is 0 Å². The van der Waals surface area contributed by atoms with Gasteiger partial charge in [0.05, 0.1) is 0 Å². The summed E-state index contributed by atoms with van der Waals surface area (Å²) in [7, 11) is 0. The summed E-state index contributed by atoms with van der Waals surface area (Å²) in [5, 5.41) is 0. The first-order valence-corrected chi connectivity index (χ1v) is 8.54. The highest BCUT2D eigenvalue weighted by Crippen LogP contribution is 2.29. The van der Waals surface area contributed by atoms with Gasteiger partial charge in [-0.25, -0.2) is 0 Å². The number of benzene rings is 2. The minimum Gasteiger partial charge on any atom is -0.399 e. The molecule has 0 unspecified atom stereocenters. The molecule has 2 aromatic rings. The van der Waals surface area contributed by atoms with Crippen molar-refractivity contribution in [3.63, 3.8) is 0 Å². The maximum absolute atomic E-state index is 5.89. The van der Waals surface area contributed by atoms with Crippen molar-refractivity contribution in [3.05, 3.63) is 53.6 Å². The van der Waals surface area contributed by atoms with Crippen molar-refractivity contribution in [2.24, 2.45) is 0 Å². The van der Waals surface area contributed by atoms with E-state index in [0.29, 0.717) is 0 Å². The summed E-state index contributed by atoms with van der Waals surface area (Å²) >= 11 is 1.93. The summed E-state index contributed by atoms with van der Waals surface area (Å²) < 4.78 is 0. The van der Waals surface area contributed by atoms with Gasteiger partial charge in [-0.05, 0) is 55.7 Å². The van der Waals surface area contributed by atoms with Gasteiger partial charge in [-0.2, -0.15) is 0 Å². The molecule has 0 fully saturated rings. The van der Waals surface area contributed by atoms with E-state index < -0.39 is 0 Å². The number of hydrogen-bond acceptors (Lipinski definition) is 3. The first kappa shape index (κ1) is 14.3. The Labute approximate surface area is 131 Å². The molecule has 0 saturated carbocycles. The number of rotatable bonds is 4. The highest BCUT2D eigenvalue weighted by molar-refractivity contribution is 7.99. The Kier molecular flexibility index (Phi) is 4.39. The molecule has 0 radical (unpaired) electrons. The third-order valence-electron chi connectivity index (χ3n) is 3.97. The predicted molar refractivity (Wildman–Crippen MR) is 93.3 cm³/mol. The second-order valence-corrected chi connectivity index (χ2v) is 6.81. The molecule has 0 aromatic heterocycles. The average Bonchev–Trinajstić information content (AvgIpc) is 2.49. The normalized spacial score (nSPS) is 14.0. The summed E-state index contributed by atoms with van der Waals surface area (Å²) in [6.45, 7) is 4.38. The molecule has 0 atom stereocenters. The molecule has 2 nitrogen and oxygen atoms in total. The highest BCUT2D eigenvalue weighted by Gasteiger charge is 2.16. The van der Waals surface area contributed by atoms with Gasteiger partial charge in [-0.3, -0.25) is 0 Å². The Balaban J connectivity index is 1.60. The van der Waals surface area contributed by atoms with E-state index in [9.17, 15) is 0 Å². The third kappa shape index (κ3) is 3.53. The van der Waals surface area contributed by atoms with Crippen molar-refractivity contribution in [3.8, 4) is 0 Å². The van der Waals surface area contributed by atoms with Crippen molar-refractivity contribution in [1.29, 1.82) is 0 Å². The van der Waals surface area contributed by atoms with Crippen LogP contribution in [0.1, 0.15) is 17.5 Å². The van der Waals surface area contributed by atoms with Crippen molar-refractivity contribution < 1.29 is 0 Å². The van der Waals surface area contributed by atoms with Gasteiger partial charge in [0.2, 0.25) is 0 Å². The first-order chi connectivity index (χ1) is 10.2. The Morgan fingerprint density at radius 3 is 2.76 bits per heavy atom. The van der Waals surface area contributed by atoms with Gasteiger partial charge in [-0.15, -0.1) is 11.8 Å². The summed E-state index contributed by atoms with van der Waals surface area (Å²) in [4.78, 5) is 3.86. The van der Waals surface area contributed by atoms with Gasteiger partial charge in [-0.1, -0.05) is 17.7 Å². The number of nitrogens with two attached hydrogens (primary N) is 1. The predicted octanol–water partition coefficient (Wildman–Crippen LogP) is 4.12. The van der Waals surface area contributed by atoms with Crippen LogP contribution in [0.15, 0.2) is 47.4 Å². The molecule has 0 bridgehead atoms. The van der Waals surface area contributed by atoms with Crippen LogP contribution in [0.5, 0.6) is 0 Å². The first-order valence-electron chi connectivity index (χ1n) is 7.55. The standard InChI is InChI=1S/C18H22N2S/c1-14-4-7-17(8-5-14)21-12-11-20-10-2-3-15-13-16(19)6-9-18(15)20/h4-9,13H,2-3,10-12,19H2,1H3. The molecule has 1 aliphatic rings. The van der Waals surface area contributed by atoms with Crippen molar-refractivity contribution in [2.75, 3.05) is 29.5 Å². The number of fused-ring (bicyclic) bond motifs is 1. The third-order valence-corrected chi connectivity index (χ3v) is 4.96. The molecule has 1 heterocycles. The number of thioether (sulfide) groups is 1. The molecule has 0 aliphatic carbocycles.